The maximum Gasteiger partial charge on any atom is 0.320 e. The molecule has 1 aromatic heterocycles. The molecule has 2 heterocycles. The standard InChI is InChI=1S/C18H22N4O3/c23-12-18(7-10-25-11-8-18)16(14-4-2-1-3-5-14)22-17(24)21-15-6-9-19-13-20-15/h1-6,9,13,16,23H,7-8,10-12H2,(H2,19,20,21,22,24). The molecule has 7 nitrogen and oxygen atoms in total. The van der Waals surface area contributed by atoms with E-state index in [1.165, 1.54) is 6.33 Å². The average molecular weight is 342 g/mol. The van der Waals surface area contributed by atoms with Gasteiger partial charge < -0.3 is 15.2 Å². The Morgan fingerprint density at radius 1 is 1.24 bits per heavy atom. The van der Waals surface area contributed by atoms with E-state index in [2.05, 4.69) is 20.6 Å². The molecule has 0 saturated carbocycles. The van der Waals surface area contributed by atoms with Gasteiger partial charge in [-0.2, -0.15) is 0 Å². The van der Waals surface area contributed by atoms with Crippen LogP contribution in [0.15, 0.2) is 48.9 Å². The quantitative estimate of drug-likeness (QED) is 0.773. The first-order valence-corrected chi connectivity index (χ1v) is 8.31. The number of nitrogens with one attached hydrogen (secondary N) is 2. The Bertz CT molecular complexity index is 675. The van der Waals surface area contributed by atoms with Crippen LogP contribution in [-0.4, -0.2) is 40.9 Å². The maximum atomic E-state index is 12.5. The van der Waals surface area contributed by atoms with Crippen molar-refractivity contribution in [2.24, 2.45) is 5.41 Å². The van der Waals surface area contributed by atoms with Crippen LogP contribution >= 0.6 is 0 Å². The Hall–Kier alpha value is -2.51. The lowest BCUT2D eigenvalue weighted by Crippen LogP contribution is -2.47. The first-order valence-electron chi connectivity index (χ1n) is 8.31. The molecule has 0 bridgehead atoms. The molecule has 1 saturated heterocycles. The van der Waals surface area contributed by atoms with Gasteiger partial charge in [0.05, 0.1) is 12.6 Å². The second-order valence-electron chi connectivity index (χ2n) is 6.17. The molecule has 1 fully saturated rings. The molecular weight excluding hydrogens is 320 g/mol. The summed E-state index contributed by atoms with van der Waals surface area (Å²) in [6, 6.07) is 10.6. The molecular formula is C18H22N4O3. The van der Waals surface area contributed by atoms with Gasteiger partial charge in [-0.25, -0.2) is 14.8 Å². The van der Waals surface area contributed by atoms with Gasteiger partial charge in [0, 0.05) is 24.8 Å². The molecule has 2 aromatic rings. The third-order valence-electron chi connectivity index (χ3n) is 4.65. The molecule has 2 amide bonds. The summed E-state index contributed by atoms with van der Waals surface area (Å²) in [6.07, 6.45) is 4.29. The van der Waals surface area contributed by atoms with Gasteiger partial charge in [-0.3, -0.25) is 5.32 Å². The number of amides is 2. The van der Waals surface area contributed by atoms with Crippen molar-refractivity contribution in [2.45, 2.75) is 18.9 Å². The molecule has 0 spiro atoms. The first-order chi connectivity index (χ1) is 12.2. The zero-order chi connectivity index (χ0) is 17.5. The molecule has 1 aromatic carbocycles. The zero-order valence-corrected chi connectivity index (χ0v) is 13.9. The number of ether oxygens (including phenoxy) is 1. The summed E-state index contributed by atoms with van der Waals surface area (Å²) in [5.41, 5.74) is 0.499. The minimum Gasteiger partial charge on any atom is -0.396 e. The van der Waals surface area contributed by atoms with Gasteiger partial charge in [0.1, 0.15) is 12.1 Å². The Morgan fingerprint density at radius 3 is 2.64 bits per heavy atom. The van der Waals surface area contributed by atoms with Crippen molar-refractivity contribution in [2.75, 3.05) is 25.1 Å². The third-order valence-corrected chi connectivity index (χ3v) is 4.65. The Balaban J connectivity index is 1.82. The maximum absolute atomic E-state index is 12.5. The number of carbonyl (C=O) groups excluding carboxylic acids is 1. The van der Waals surface area contributed by atoms with Crippen LogP contribution in [-0.2, 0) is 4.74 Å². The van der Waals surface area contributed by atoms with Crippen molar-refractivity contribution in [1.82, 2.24) is 15.3 Å². The molecule has 3 N–H and O–H groups in total. The van der Waals surface area contributed by atoms with E-state index in [-0.39, 0.29) is 18.7 Å². The van der Waals surface area contributed by atoms with E-state index in [0.29, 0.717) is 31.9 Å². The van der Waals surface area contributed by atoms with Gasteiger partial charge in [0.15, 0.2) is 0 Å². The number of carbonyl (C=O) groups is 1. The number of hydrogen-bond acceptors (Lipinski definition) is 5. The molecule has 25 heavy (non-hydrogen) atoms. The molecule has 0 radical (unpaired) electrons. The summed E-state index contributed by atoms with van der Waals surface area (Å²) in [4.78, 5) is 20.3. The number of hydrogen-bond donors (Lipinski definition) is 3. The van der Waals surface area contributed by atoms with Crippen molar-refractivity contribution >= 4 is 11.8 Å². The van der Waals surface area contributed by atoms with Crippen LogP contribution in [0, 0.1) is 5.41 Å². The van der Waals surface area contributed by atoms with Gasteiger partial charge in [0.25, 0.3) is 0 Å². The van der Waals surface area contributed by atoms with Crippen LogP contribution in [0.2, 0.25) is 0 Å². The second kappa shape index (κ2) is 8.04. The van der Waals surface area contributed by atoms with Gasteiger partial charge in [0.2, 0.25) is 0 Å². The number of aromatic nitrogens is 2. The van der Waals surface area contributed by atoms with Crippen molar-refractivity contribution in [3.8, 4) is 0 Å². The first kappa shape index (κ1) is 17.3. The van der Waals surface area contributed by atoms with Gasteiger partial charge in [-0.1, -0.05) is 30.3 Å². The molecule has 1 atom stereocenters. The van der Waals surface area contributed by atoms with Gasteiger partial charge >= 0.3 is 6.03 Å². The van der Waals surface area contributed by atoms with Crippen molar-refractivity contribution in [3.05, 3.63) is 54.5 Å². The Kier molecular flexibility index (Phi) is 5.57. The largest absolute Gasteiger partial charge is 0.396 e. The van der Waals surface area contributed by atoms with Crippen LogP contribution in [0.5, 0.6) is 0 Å². The smallest absolute Gasteiger partial charge is 0.320 e. The van der Waals surface area contributed by atoms with Gasteiger partial charge in [-0.15, -0.1) is 0 Å². The second-order valence-corrected chi connectivity index (χ2v) is 6.17. The molecule has 1 unspecified atom stereocenters. The fourth-order valence-corrected chi connectivity index (χ4v) is 3.20. The lowest BCUT2D eigenvalue weighted by atomic mass is 9.72. The van der Waals surface area contributed by atoms with E-state index >= 15 is 0 Å². The SMILES string of the molecule is O=C(Nc1ccncn1)NC(c1ccccc1)C1(CO)CCOCC1. The minimum absolute atomic E-state index is 0.0241. The highest BCUT2D eigenvalue weighted by atomic mass is 16.5. The van der Waals surface area contributed by atoms with Crippen LogP contribution in [0.3, 0.4) is 0 Å². The monoisotopic (exact) mass is 342 g/mol. The van der Waals surface area contributed by atoms with Crippen LogP contribution < -0.4 is 10.6 Å². The van der Waals surface area contributed by atoms with E-state index in [0.717, 1.165) is 5.56 Å². The van der Waals surface area contributed by atoms with Crippen LogP contribution in [0.4, 0.5) is 10.6 Å². The molecule has 1 aliphatic rings. The highest BCUT2D eigenvalue weighted by Gasteiger charge is 2.41. The van der Waals surface area contributed by atoms with Crippen LogP contribution in [0.25, 0.3) is 0 Å². The topological polar surface area (TPSA) is 96.4 Å². The zero-order valence-electron chi connectivity index (χ0n) is 13.9. The summed E-state index contributed by atoms with van der Waals surface area (Å²) in [5, 5.41) is 15.9. The average Bonchev–Trinajstić information content (AvgIpc) is 2.68. The fraction of sp³-hybridized carbons (Fsp3) is 0.389. The summed E-state index contributed by atoms with van der Waals surface area (Å²) in [6.45, 7) is 1.11. The number of rotatable bonds is 5. The molecule has 1 aliphatic heterocycles. The summed E-state index contributed by atoms with van der Waals surface area (Å²) in [5.74, 6) is 0.421. The Labute approximate surface area is 146 Å². The van der Waals surface area contributed by atoms with Crippen molar-refractivity contribution in [1.29, 1.82) is 0 Å². The normalized spacial score (nSPS) is 17.5. The third kappa shape index (κ3) is 4.12. The molecule has 7 heteroatoms. The molecule has 132 valence electrons. The summed E-state index contributed by atoms with van der Waals surface area (Å²) >= 11 is 0. The summed E-state index contributed by atoms with van der Waals surface area (Å²) in [7, 11) is 0. The van der Waals surface area contributed by atoms with E-state index < -0.39 is 5.41 Å². The number of aliphatic hydroxyl groups is 1. The minimum atomic E-state index is -0.456. The highest BCUT2D eigenvalue weighted by molar-refractivity contribution is 5.88. The fourth-order valence-electron chi connectivity index (χ4n) is 3.20. The molecule has 0 aliphatic carbocycles. The van der Waals surface area contributed by atoms with E-state index in [1.54, 1.807) is 12.3 Å². The summed E-state index contributed by atoms with van der Waals surface area (Å²) < 4.78 is 5.46. The van der Waals surface area contributed by atoms with Crippen LogP contribution in [0.1, 0.15) is 24.4 Å². The lowest BCUT2D eigenvalue weighted by Gasteiger charge is -2.42. The predicted octanol–water partition coefficient (Wildman–Crippen LogP) is 2.13. The highest BCUT2D eigenvalue weighted by Crippen LogP contribution is 2.42. The Morgan fingerprint density at radius 2 is 2.00 bits per heavy atom. The predicted molar refractivity (Wildman–Crippen MR) is 92.9 cm³/mol. The number of anilines is 1. The van der Waals surface area contributed by atoms with E-state index in [9.17, 15) is 9.90 Å². The van der Waals surface area contributed by atoms with E-state index in [4.69, 9.17) is 4.74 Å². The van der Waals surface area contributed by atoms with Crippen molar-refractivity contribution in [3.63, 3.8) is 0 Å². The molecule has 3 rings (SSSR count). The van der Waals surface area contributed by atoms with Gasteiger partial charge in [-0.05, 0) is 24.5 Å². The van der Waals surface area contributed by atoms with E-state index in [1.807, 2.05) is 30.3 Å². The number of nitrogens with zero attached hydrogens (tertiary/aromatic N) is 2. The van der Waals surface area contributed by atoms with Crippen molar-refractivity contribution < 1.29 is 14.6 Å². The number of urea groups is 1. The number of aliphatic hydroxyl groups excluding tert-OH is 1. The number of benzene rings is 1. The lowest BCUT2D eigenvalue weighted by molar-refractivity contribution is -0.0357.